The lowest BCUT2D eigenvalue weighted by Gasteiger charge is -2.28. The van der Waals surface area contributed by atoms with Crippen LogP contribution in [0.15, 0.2) is 24.3 Å². The molecule has 1 amide bonds. The molecule has 1 aromatic rings. The minimum absolute atomic E-state index is 0. The average Bonchev–Trinajstić information content (AvgIpc) is 2.47. The van der Waals surface area contributed by atoms with Gasteiger partial charge in [0.1, 0.15) is 0 Å². The number of carbonyl (C=O) groups excluding carboxylic acids is 1. The zero-order valence-electron chi connectivity index (χ0n) is 11.8. The molecule has 5 heteroatoms. The molecule has 0 spiro atoms. The molecule has 2 rings (SSSR count). The Morgan fingerprint density at radius 3 is 2.65 bits per heavy atom. The Kier molecular flexibility index (Phi) is 7.41. The van der Waals surface area contributed by atoms with E-state index in [1.807, 2.05) is 36.0 Å². The van der Waals surface area contributed by atoms with E-state index < -0.39 is 0 Å². The van der Waals surface area contributed by atoms with E-state index in [9.17, 15) is 4.79 Å². The smallest absolute Gasteiger partial charge is 0.251 e. The Balaban J connectivity index is 0.00000200. The average molecular weight is 315 g/mol. The van der Waals surface area contributed by atoms with E-state index in [0.717, 1.165) is 24.0 Å². The summed E-state index contributed by atoms with van der Waals surface area (Å²) >= 11 is 1.91. The standard InChI is InChI=1S/C15H22N2OS.ClH/c1-19-14-4-2-3-13(9-14)17-15(18)12-7-5-11(10-16)6-8-12;/h5-8,13-14H,2-4,9-10,16H2,1H3,(H,17,18);1H. The first kappa shape index (κ1) is 17.3. The summed E-state index contributed by atoms with van der Waals surface area (Å²) < 4.78 is 0. The number of hydrogen-bond acceptors (Lipinski definition) is 3. The second kappa shape index (κ2) is 8.55. The van der Waals surface area contributed by atoms with E-state index in [-0.39, 0.29) is 18.3 Å². The monoisotopic (exact) mass is 314 g/mol. The summed E-state index contributed by atoms with van der Waals surface area (Å²) in [5.41, 5.74) is 7.33. The molecular formula is C15H23ClN2OS. The van der Waals surface area contributed by atoms with Gasteiger partial charge in [0.15, 0.2) is 0 Å². The van der Waals surface area contributed by atoms with Gasteiger partial charge in [0, 0.05) is 23.4 Å². The molecule has 1 fully saturated rings. The summed E-state index contributed by atoms with van der Waals surface area (Å²) in [7, 11) is 0. The molecule has 0 radical (unpaired) electrons. The van der Waals surface area contributed by atoms with Gasteiger partial charge in [-0.2, -0.15) is 11.8 Å². The van der Waals surface area contributed by atoms with Crippen LogP contribution in [-0.2, 0) is 6.54 Å². The Morgan fingerprint density at radius 2 is 2.05 bits per heavy atom. The maximum absolute atomic E-state index is 12.2. The third kappa shape index (κ3) is 4.69. The number of thioether (sulfide) groups is 1. The molecule has 3 N–H and O–H groups in total. The van der Waals surface area contributed by atoms with Gasteiger partial charge in [-0.05, 0) is 43.2 Å². The van der Waals surface area contributed by atoms with Crippen LogP contribution in [0.1, 0.15) is 41.6 Å². The van der Waals surface area contributed by atoms with Gasteiger partial charge in [-0.25, -0.2) is 0 Å². The van der Waals surface area contributed by atoms with Crippen molar-refractivity contribution in [1.29, 1.82) is 0 Å². The number of carbonyl (C=O) groups is 1. The molecule has 0 bridgehead atoms. The predicted molar refractivity (Wildman–Crippen MR) is 88.6 cm³/mol. The molecule has 0 aromatic heterocycles. The van der Waals surface area contributed by atoms with E-state index in [2.05, 4.69) is 11.6 Å². The van der Waals surface area contributed by atoms with E-state index in [1.54, 1.807) is 0 Å². The van der Waals surface area contributed by atoms with Crippen LogP contribution in [0.3, 0.4) is 0 Å². The van der Waals surface area contributed by atoms with Crippen molar-refractivity contribution < 1.29 is 4.79 Å². The van der Waals surface area contributed by atoms with E-state index in [4.69, 9.17) is 5.73 Å². The zero-order chi connectivity index (χ0) is 13.7. The van der Waals surface area contributed by atoms with Crippen molar-refractivity contribution in [1.82, 2.24) is 5.32 Å². The molecule has 3 nitrogen and oxygen atoms in total. The summed E-state index contributed by atoms with van der Waals surface area (Å²) in [6.45, 7) is 0.514. The third-order valence-corrected chi connectivity index (χ3v) is 4.84. The minimum Gasteiger partial charge on any atom is -0.349 e. The lowest BCUT2D eigenvalue weighted by Crippen LogP contribution is -2.39. The third-order valence-electron chi connectivity index (χ3n) is 3.75. The molecular weight excluding hydrogens is 292 g/mol. The highest BCUT2D eigenvalue weighted by molar-refractivity contribution is 7.99. The van der Waals surface area contributed by atoms with Crippen molar-refractivity contribution >= 4 is 30.1 Å². The lowest BCUT2D eigenvalue weighted by atomic mass is 9.94. The Labute approximate surface area is 131 Å². The fourth-order valence-corrected chi connectivity index (χ4v) is 3.38. The van der Waals surface area contributed by atoms with E-state index >= 15 is 0 Å². The van der Waals surface area contributed by atoms with Gasteiger partial charge in [0.05, 0.1) is 0 Å². The second-order valence-corrected chi connectivity index (χ2v) is 6.23. The number of nitrogens with two attached hydrogens (primary N) is 1. The summed E-state index contributed by atoms with van der Waals surface area (Å²) in [5.74, 6) is 0.0373. The molecule has 2 unspecified atom stereocenters. The van der Waals surface area contributed by atoms with Crippen molar-refractivity contribution in [3.05, 3.63) is 35.4 Å². The quantitative estimate of drug-likeness (QED) is 0.898. The summed E-state index contributed by atoms with van der Waals surface area (Å²) in [6.07, 6.45) is 6.83. The number of benzene rings is 1. The van der Waals surface area contributed by atoms with Crippen LogP contribution in [0.2, 0.25) is 0 Å². The molecule has 2 atom stereocenters. The molecule has 1 aliphatic carbocycles. The Hall–Kier alpha value is -0.710. The van der Waals surface area contributed by atoms with Crippen LogP contribution in [-0.4, -0.2) is 23.5 Å². The van der Waals surface area contributed by atoms with Gasteiger partial charge in [-0.15, -0.1) is 12.4 Å². The van der Waals surface area contributed by atoms with Crippen LogP contribution in [0.25, 0.3) is 0 Å². The highest BCUT2D eigenvalue weighted by Gasteiger charge is 2.22. The van der Waals surface area contributed by atoms with Gasteiger partial charge in [0.2, 0.25) is 0 Å². The first-order valence-electron chi connectivity index (χ1n) is 6.85. The van der Waals surface area contributed by atoms with Gasteiger partial charge in [-0.1, -0.05) is 18.6 Å². The molecule has 20 heavy (non-hydrogen) atoms. The largest absolute Gasteiger partial charge is 0.349 e. The number of amides is 1. The molecule has 1 saturated carbocycles. The van der Waals surface area contributed by atoms with Gasteiger partial charge in [-0.3, -0.25) is 4.79 Å². The Morgan fingerprint density at radius 1 is 1.35 bits per heavy atom. The first-order chi connectivity index (χ1) is 9.22. The first-order valence-corrected chi connectivity index (χ1v) is 8.14. The van der Waals surface area contributed by atoms with Gasteiger partial charge >= 0.3 is 0 Å². The van der Waals surface area contributed by atoms with Crippen molar-refractivity contribution in [3.8, 4) is 0 Å². The Bertz CT molecular complexity index is 424. The fourth-order valence-electron chi connectivity index (χ4n) is 2.55. The molecule has 0 heterocycles. The maximum atomic E-state index is 12.2. The molecule has 1 aromatic carbocycles. The maximum Gasteiger partial charge on any atom is 0.251 e. The van der Waals surface area contributed by atoms with E-state index in [1.165, 1.54) is 12.8 Å². The van der Waals surface area contributed by atoms with Crippen LogP contribution in [0.4, 0.5) is 0 Å². The predicted octanol–water partition coefficient (Wildman–Crippen LogP) is 2.97. The topological polar surface area (TPSA) is 55.1 Å². The number of halogens is 1. The number of rotatable bonds is 4. The lowest BCUT2D eigenvalue weighted by molar-refractivity contribution is 0.0928. The van der Waals surface area contributed by atoms with Crippen LogP contribution in [0, 0.1) is 0 Å². The summed E-state index contributed by atoms with van der Waals surface area (Å²) in [4.78, 5) is 12.2. The number of nitrogens with one attached hydrogen (secondary N) is 1. The highest BCUT2D eigenvalue weighted by atomic mass is 35.5. The molecule has 112 valence electrons. The summed E-state index contributed by atoms with van der Waals surface area (Å²) in [5, 5.41) is 3.85. The molecule has 0 aliphatic heterocycles. The second-order valence-electron chi connectivity index (χ2n) is 5.10. The van der Waals surface area contributed by atoms with Crippen molar-refractivity contribution in [2.24, 2.45) is 5.73 Å². The highest BCUT2D eigenvalue weighted by Crippen LogP contribution is 2.27. The normalized spacial score (nSPS) is 21.9. The SMILES string of the molecule is CSC1CCCC(NC(=O)c2ccc(CN)cc2)C1.Cl. The zero-order valence-corrected chi connectivity index (χ0v) is 13.4. The van der Waals surface area contributed by atoms with Crippen molar-refractivity contribution in [2.45, 2.75) is 43.5 Å². The van der Waals surface area contributed by atoms with Crippen molar-refractivity contribution in [3.63, 3.8) is 0 Å². The fraction of sp³-hybridized carbons (Fsp3) is 0.533. The number of hydrogen-bond donors (Lipinski definition) is 2. The van der Waals surface area contributed by atoms with E-state index in [0.29, 0.717) is 17.8 Å². The van der Waals surface area contributed by atoms with Crippen molar-refractivity contribution in [2.75, 3.05) is 6.26 Å². The summed E-state index contributed by atoms with van der Waals surface area (Å²) in [6, 6.07) is 7.87. The van der Waals surface area contributed by atoms with Gasteiger partial charge in [0.25, 0.3) is 5.91 Å². The van der Waals surface area contributed by atoms with Crippen LogP contribution < -0.4 is 11.1 Å². The molecule has 0 saturated heterocycles. The molecule has 1 aliphatic rings. The van der Waals surface area contributed by atoms with Crippen LogP contribution >= 0.6 is 24.2 Å². The van der Waals surface area contributed by atoms with Gasteiger partial charge < -0.3 is 11.1 Å². The van der Waals surface area contributed by atoms with Crippen LogP contribution in [0.5, 0.6) is 0 Å². The minimum atomic E-state index is 0.